The van der Waals surface area contributed by atoms with E-state index in [2.05, 4.69) is 10.2 Å². The third-order valence-electron chi connectivity index (χ3n) is 2.20. The van der Waals surface area contributed by atoms with E-state index in [1.807, 2.05) is 12.1 Å². The summed E-state index contributed by atoms with van der Waals surface area (Å²) in [4.78, 5) is 0. The quantitative estimate of drug-likeness (QED) is 0.156. The summed E-state index contributed by atoms with van der Waals surface area (Å²) in [5, 5.41) is 24.7. The van der Waals surface area contributed by atoms with Crippen molar-refractivity contribution in [3.05, 3.63) is 0 Å². The lowest BCUT2D eigenvalue weighted by atomic mass is 10.1. The molecule has 0 spiro atoms. The predicted octanol–water partition coefficient (Wildman–Crippen LogP) is 6.36. The lowest BCUT2D eigenvalue weighted by Gasteiger charge is -2.31. The Bertz CT molecular complexity index is 542. The van der Waals surface area contributed by atoms with Crippen LogP contribution in [0.5, 0.6) is 0 Å². The van der Waals surface area contributed by atoms with Gasteiger partial charge in [0.1, 0.15) is 0 Å². The number of azo groups is 1. The van der Waals surface area contributed by atoms with Gasteiger partial charge in [0.05, 0.1) is 12.1 Å². The summed E-state index contributed by atoms with van der Waals surface area (Å²) in [6.07, 6.45) is 0. The molecule has 150 valence electrons. The molecule has 0 rings (SSSR count). The highest BCUT2D eigenvalue weighted by atomic mass is 127. The Hall–Kier alpha value is -0.520. The second-order valence-electron chi connectivity index (χ2n) is 5.69. The molecule has 0 aliphatic heterocycles. The van der Waals surface area contributed by atoms with Gasteiger partial charge < -0.3 is 0 Å². The van der Waals surface area contributed by atoms with Crippen LogP contribution in [0.2, 0.25) is 0 Å². The minimum atomic E-state index is -6.12. The summed E-state index contributed by atoms with van der Waals surface area (Å²) < 4.78 is 86.1. The van der Waals surface area contributed by atoms with Crippen LogP contribution in [0, 0.1) is 22.7 Å². The standard InChI is InChI=1S/C8H12N4.C4F8I2/c1-7(2,5-9)11-12-8(3,4)6-10;5-1(6,3(9,10)13)2(7,8)4(11,12)14/h1-4H3;. The van der Waals surface area contributed by atoms with Gasteiger partial charge in [-0.05, 0) is 27.7 Å². The molecule has 0 atom stereocenters. The van der Waals surface area contributed by atoms with E-state index in [4.69, 9.17) is 10.5 Å². The van der Waals surface area contributed by atoms with Crippen LogP contribution in [-0.4, -0.2) is 30.8 Å². The molecule has 0 saturated heterocycles. The number of nitriles is 2. The van der Waals surface area contributed by atoms with E-state index in [0.29, 0.717) is 0 Å². The average Bonchev–Trinajstić information content (AvgIpc) is 2.43. The maximum absolute atomic E-state index is 12.2. The lowest BCUT2D eigenvalue weighted by Crippen LogP contribution is -2.58. The second kappa shape index (κ2) is 8.66. The van der Waals surface area contributed by atoms with Gasteiger partial charge in [-0.3, -0.25) is 0 Å². The van der Waals surface area contributed by atoms with Crippen molar-refractivity contribution in [1.29, 1.82) is 10.5 Å². The van der Waals surface area contributed by atoms with Gasteiger partial charge in [0.15, 0.2) is 11.1 Å². The second-order valence-corrected chi connectivity index (χ2v) is 8.40. The molecular formula is C12H12F8I2N4. The molecule has 0 radical (unpaired) electrons. The predicted molar refractivity (Wildman–Crippen MR) is 92.1 cm³/mol. The van der Waals surface area contributed by atoms with Crippen LogP contribution in [0.4, 0.5) is 35.1 Å². The molecule has 26 heavy (non-hydrogen) atoms. The van der Waals surface area contributed by atoms with Crippen molar-refractivity contribution in [1.82, 2.24) is 0 Å². The third kappa shape index (κ3) is 7.61. The monoisotopic (exact) mass is 618 g/mol. The van der Waals surface area contributed by atoms with E-state index in [1.165, 1.54) is 0 Å². The van der Waals surface area contributed by atoms with E-state index in [9.17, 15) is 35.1 Å². The number of rotatable bonds is 5. The van der Waals surface area contributed by atoms with Crippen molar-refractivity contribution < 1.29 is 35.1 Å². The van der Waals surface area contributed by atoms with Crippen molar-refractivity contribution in [3.63, 3.8) is 0 Å². The van der Waals surface area contributed by atoms with Gasteiger partial charge in [0, 0.05) is 45.2 Å². The first-order valence-corrected chi connectivity index (χ1v) is 8.39. The zero-order valence-electron chi connectivity index (χ0n) is 13.6. The Kier molecular flexibility index (Phi) is 9.22. The molecule has 0 bridgehead atoms. The van der Waals surface area contributed by atoms with Crippen LogP contribution in [0.15, 0.2) is 10.2 Å². The van der Waals surface area contributed by atoms with Crippen LogP contribution in [0.1, 0.15) is 27.7 Å². The Morgan fingerprint density at radius 1 is 0.615 bits per heavy atom. The maximum atomic E-state index is 12.2. The first-order chi connectivity index (χ1) is 11.1. The highest BCUT2D eigenvalue weighted by Gasteiger charge is 2.79. The van der Waals surface area contributed by atoms with Crippen LogP contribution in [0.25, 0.3) is 0 Å². The summed E-state index contributed by atoms with van der Waals surface area (Å²) >= 11 is -0.631. The smallest absolute Gasteiger partial charge is 0.196 e. The first-order valence-electron chi connectivity index (χ1n) is 6.23. The molecule has 0 aliphatic carbocycles. The Morgan fingerprint density at radius 2 is 0.808 bits per heavy atom. The SMILES string of the molecule is CC(C)(C#N)N=NC(C)(C)C#N.FC(F)(I)C(F)(F)C(F)(F)C(F)(F)I. The van der Waals surface area contributed by atoms with E-state index in [0.717, 1.165) is 0 Å². The molecule has 0 aromatic rings. The highest BCUT2D eigenvalue weighted by molar-refractivity contribution is 14.1. The summed E-state index contributed by atoms with van der Waals surface area (Å²) in [6.45, 7) is 6.57. The van der Waals surface area contributed by atoms with Crippen molar-refractivity contribution in [2.24, 2.45) is 10.2 Å². The normalized spacial score (nSPS) is 14.3. The first kappa shape index (κ1) is 27.7. The Morgan fingerprint density at radius 3 is 0.923 bits per heavy atom. The average molecular weight is 618 g/mol. The highest BCUT2D eigenvalue weighted by Crippen LogP contribution is 2.56. The zero-order valence-corrected chi connectivity index (χ0v) is 17.9. The topological polar surface area (TPSA) is 72.3 Å². The number of alkyl halides is 10. The van der Waals surface area contributed by atoms with Crippen LogP contribution in [-0.2, 0) is 0 Å². The molecule has 0 heterocycles. The molecule has 14 heteroatoms. The molecule has 4 nitrogen and oxygen atoms in total. The van der Waals surface area contributed by atoms with Gasteiger partial charge in [-0.1, -0.05) is 0 Å². The molecule has 0 aliphatic rings. The Labute approximate surface area is 171 Å². The fourth-order valence-corrected chi connectivity index (χ4v) is 1.33. The number of nitrogens with zero attached hydrogens (tertiary/aromatic N) is 4. The van der Waals surface area contributed by atoms with Crippen molar-refractivity contribution in [2.75, 3.05) is 0 Å². The van der Waals surface area contributed by atoms with Crippen molar-refractivity contribution >= 4 is 45.2 Å². The van der Waals surface area contributed by atoms with Crippen LogP contribution in [0.3, 0.4) is 0 Å². The van der Waals surface area contributed by atoms with Crippen LogP contribution < -0.4 is 0 Å². The zero-order chi connectivity index (χ0) is 21.8. The van der Waals surface area contributed by atoms with Gasteiger partial charge in [0.25, 0.3) is 0 Å². The molecular weight excluding hydrogens is 606 g/mol. The van der Waals surface area contributed by atoms with Gasteiger partial charge in [0.2, 0.25) is 0 Å². The third-order valence-corrected chi connectivity index (χ3v) is 3.56. The fourth-order valence-electron chi connectivity index (χ4n) is 0.651. The molecule has 0 saturated carbocycles. The summed E-state index contributed by atoms with van der Waals surface area (Å²) in [6, 6.07) is 3.94. The van der Waals surface area contributed by atoms with E-state index in [1.54, 1.807) is 27.7 Å². The minimum Gasteiger partial charge on any atom is -0.196 e. The van der Waals surface area contributed by atoms with Crippen molar-refractivity contribution in [3.8, 4) is 12.1 Å². The molecule has 0 unspecified atom stereocenters. The molecule has 0 aromatic carbocycles. The van der Waals surface area contributed by atoms with Crippen molar-refractivity contribution in [2.45, 2.75) is 58.5 Å². The fraction of sp³-hybridized carbons (Fsp3) is 0.833. The lowest BCUT2D eigenvalue weighted by molar-refractivity contribution is -0.312. The summed E-state index contributed by atoms with van der Waals surface area (Å²) in [5.41, 5.74) is -1.68. The molecule has 0 aromatic heterocycles. The molecule has 0 amide bonds. The number of halogens is 10. The van der Waals surface area contributed by atoms with Gasteiger partial charge in [-0.25, -0.2) is 0 Å². The molecule has 0 fully saturated rings. The van der Waals surface area contributed by atoms with E-state index in [-0.39, 0.29) is 45.2 Å². The number of hydrogen-bond acceptors (Lipinski definition) is 4. The maximum Gasteiger partial charge on any atom is 0.388 e. The van der Waals surface area contributed by atoms with Gasteiger partial charge in [-0.2, -0.15) is 55.9 Å². The van der Waals surface area contributed by atoms with Gasteiger partial charge in [-0.15, -0.1) is 0 Å². The van der Waals surface area contributed by atoms with Crippen LogP contribution >= 0.6 is 45.2 Å². The largest absolute Gasteiger partial charge is 0.388 e. The number of hydrogen-bond donors (Lipinski definition) is 0. The van der Waals surface area contributed by atoms with E-state index >= 15 is 0 Å². The van der Waals surface area contributed by atoms with E-state index < -0.39 is 30.8 Å². The Balaban J connectivity index is 0. The molecule has 0 N–H and O–H groups in total. The summed E-state index contributed by atoms with van der Waals surface area (Å²) in [5.74, 6) is -12.2. The minimum absolute atomic E-state index is 0.315. The van der Waals surface area contributed by atoms with Gasteiger partial charge >= 0.3 is 19.7 Å². The summed E-state index contributed by atoms with van der Waals surface area (Å²) in [7, 11) is 0.